The first-order valence-corrected chi connectivity index (χ1v) is 3.96. The largest absolute Gasteiger partial charge is 0.309 e. The first-order valence-electron chi connectivity index (χ1n) is 3.96. The van der Waals surface area contributed by atoms with E-state index in [-0.39, 0.29) is 5.91 Å². The lowest BCUT2D eigenvalue weighted by Crippen LogP contribution is -2.27. The van der Waals surface area contributed by atoms with E-state index in [1.165, 1.54) is 0 Å². The lowest BCUT2D eigenvalue weighted by atomic mass is 10.0. The van der Waals surface area contributed by atoms with Crippen molar-refractivity contribution in [3.63, 3.8) is 0 Å². The van der Waals surface area contributed by atoms with Crippen LogP contribution >= 0.6 is 0 Å². The summed E-state index contributed by atoms with van der Waals surface area (Å²) in [6.45, 7) is 0.909. The van der Waals surface area contributed by atoms with E-state index in [4.69, 9.17) is 0 Å². The minimum Gasteiger partial charge on any atom is -0.309 e. The van der Waals surface area contributed by atoms with Crippen molar-refractivity contribution in [1.29, 1.82) is 0 Å². The number of hydrazine groups is 1. The average Bonchev–Trinajstić information content (AvgIpc) is 2.31. The maximum Gasteiger partial charge on any atom is 0.247 e. The van der Waals surface area contributed by atoms with Gasteiger partial charge in [-0.25, -0.2) is 5.43 Å². The summed E-state index contributed by atoms with van der Waals surface area (Å²) in [4.78, 5) is 14.9. The van der Waals surface area contributed by atoms with Crippen LogP contribution in [0, 0.1) is 5.92 Å². The second-order valence-corrected chi connectivity index (χ2v) is 2.99. The summed E-state index contributed by atoms with van der Waals surface area (Å²) >= 11 is 0. The molecule has 0 aromatic rings. The molecule has 1 fully saturated rings. The van der Waals surface area contributed by atoms with Crippen LogP contribution in [-0.4, -0.2) is 18.3 Å². The molecule has 0 aliphatic carbocycles. The second kappa shape index (κ2) is 2.62. The highest BCUT2D eigenvalue weighted by Gasteiger charge is 2.24. The van der Waals surface area contributed by atoms with Gasteiger partial charge in [0.05, 0.1) is 0 Å². The molecule has 2 aliphatic heterocycles. The topological polar surface area (TPSA) is 53.5 Å². The van der Waals surface area contributed by atoms with Gasteiger partial charge in [-0.3, -0.25) is 4.79 Å². The van der Waals surface area contributed by atoms with Gasteiger partial charge in [-0.1, -0.05) is 0 Å². The van der Waals surface area contributed by atoms with Crippen molar-refractivity contribution >= 4 is 11.7 Å². The summed E-state index contributed by atoms with van der Waals surface area (Å²) in [5.41, 5.74) is 5.89. The molecule has 0 bridgehead atoms. The van der Waals surface area contributed by atoms with Crippen molar-refractivity contribution < 1.29 is 4.79 Å². The van der Waals surface area contributed by atoms with E-state index >= 15 is 0 Å². The molecule has 1 amide bonds. The molecule has 0 saturated carbocycles. The molecule has 2 aliphatic rings. The second-order valence-electron chi connectivity index (χ2n) is 2.99. The third kappa shape index (κ3) is 1.26. The van der Waals surface area contributed by atoms with Crippen molar-refractivity contribution in [3.05, 3.63) is 0 Å². The Labute approximate surface area is 65.0 Å². The number of hydrogen-bond acceptors (Lipinski definition) is 3. The number of amides is 1. The molecule has 1 saturated heterocycles. The zero-order valence-electron chi connectivity index (χ0n) is 6.26. The van der Waals surface area contributed by atoms with Gasteiger partial charge in [-0.05, 0) is 12.8 Å². The van der Waals surface area contributed by atoms with E-state index in [0.29, 0.717) is 12.3 Å². The van der Waals surface area contributed by atoms with Crippen molar-refractivity contribution in [2.24, 2.45) is 10.9 Å². The Hall–Kier alpha value is -0.900. The van der Waals surface area contributed by atoms with Gasteiger partial charge >= 0.3 is 0 Å². The third-order valence-electron chi connectivity index (χ3n) is 2.14. The zero-order valence-corrected chi connectivity index (χ0v) is 6.26. The van der Waals surface area contributed by atoms with Gasteiger partial charge in [-0.2, -0.15) is 4.99 Å². The molecule has 4 nitrogen and oxygen atoms in total. The average molecular weight is 153 g/mol. The molecule has 4 heteroatoms. The first kappa shape index (κ1) is 6.79. The van der Waals surface area contributed by atoms with Crippen LogP contribution in [0.4, 0.5) is 0 Å². The first-order chi connectivity index (χ1) is 5.36. The van der Waals surface area contributed by atoms with E-state index in [1.807, 2.05) is 0 Å². The molecule has 1 unspecified atom stereocenters. The van der Waals surface area contributed by atoms with Gasteiger partial charge < -0.3 is 5.43 Å². The van der Waals surface area contributed by atoms with E-state index in [1.54, 1.807) is 0 Å². The molecule has 2 heterocycles. The number of rotatable bonds is 0. The molecule has 2 N–H and O–H groups in total. The highest BCUT2D eigenvalue weighted by molar-refractivity contribution is 5.97. The van der Waals surface area contributed by atoms with Gasteiger partial charge in [0.2, 0.25) is 5.91 Å². The minimum atomic E-state index is 0.0127. The smallest absolute Gasteiger partial charge is 0.247 e. The Morgan fingerprint density at radius 2 is 2.45 bits per heavy atom. The van der Waals surface area contributed by atoms with Crippen molar-refractivity contribution in [1.82, 2.24) is 10.9 Å². The van der Waals surface area contributed by atoms with Crippen LogP contribution in [-0.2, 0) is 4.79 Å². The predicted molar refractivity (Wildman–Crippen MR) is 40.9 cm³/mol. The van der Waals surface area contributed by atoms with Crippen LogP contribution in [0.5, 0.6) is 0 Å². The Bertz CT molecular complexity index is 212. The summed E-state index contributed by atoms with van der Waals surface area (Å²) in [6.07, 6.45) is 2.66. The van der Waals surface area contributed by atoms with Gasteiger partial charge in [0.25, 0.3) is 0 Å². The molecule has 2 rings (SSSR count). The lowest BCUT2D eigenvalue weighted by Gasteiger charge is -2.01. The quantitative estimate of drug-likeness (QED) is 0.507. The lowest BCUT2D eigenvalue weighted by molar-refractivity contribution is -0.117. The monoisotopic (exact) mass is 153 g/mol. The number of carbonyl (C=O) groups is 1. The number of aliphatic imine (C=N–C) groups is 1. The standard InChI is InChI=1S/C7H11N3O/c11-6-3-1-2-5-4-8-10-7(5)9-6/h5,8H,1-4H2,(H,9,10,11). The molecule has 0 aromatic heterocycles. The Balaban J connectivity index is 2.20. The van der Waals surface area contributed by atoms with Crippen molar-refractivity contribution in [2.45, 2.75) is 19.3 Å². The Morgan fingerprint density at radius 3 is 3.36 bits per heavy atom. The molecule has 0 spiro atoms. The molecular weight excluding hydrogens is 142 g/mol. The van der Waals surface area contributed by atoms with Crippen LogP contribution in [0.1, 0.15) is 19.3 Å². The number of fused-ring (bicyclic) bond motifs is 1. The number of nitrogens with zero attached hydrogens (tertiary/aromatic N) is 1. The molecule has 0 radical (unpaired) electrons. The number of carbonyl (C=O) groups excluding carboxylic acids is 1. The fourth-order valence-corrected chi connectivity index (χ4v) is 1.51. The number of amidine groups is 1. The van der Waals surface area contributed by atoms with E-state index in [9.17, 15) is 4.79 Å². The third-order valence-corrected chi connectivity index (χ3v) is 2.14. The SMILES string of the molecule is O=C1CCCC2CNNC2=N1. The van der Waals surface area contributed by atoms with Crippen molar-refractivity contribution in [2.75, 3.05) is 6.54 Å². The van der Waals surface area contributed by atoms with Gasteiger partial charge in [0.15, 0.2) is 0 Å². The molecular formula is C7H11N3O. The van der Waals surface area contributed by atoms with Crippen LogP contribution in [0.15, 0.2) is 4.99 Å². The Morgan fingerprint density at radius 1 is 1.55 bits per heavy atom. The number of nitrogens with one attached hydrogen (secondary N) is 2. The van der Waals surface area contributed by atoms with E-state index < -0.39 is 0 Å². The summed E-state index contributed by atoms with van der Waals surface area (Å²) in [5.74, 6) is 1.30. The molecule has 60 valence electrons. The predicted octanol–water partition coefficient (Wildman–Crippen LogP) is -0.181. The van der Waals surface area contributed by atoms with Crippen LogP contribution in [0.2, 0.25) is 0 Å². The van der Waals surface area contributed by atoms with Crippen LogP contribution < -0.4 is 10.9 Å². The summed E-state index contributed by atoms with van der Waals surface area (Å²) < 4.78 is 0. The zero-order chi connectivity index (χ0) is 7.68. The summed E-state index contributed by atoms with van der Waals surface area (Å²) in [5, 5.41) is 0. The van der Waals surface area contributed by atoms with Gasteiger partial charge in [-0.15, -0.1) is 0 Å². The van der Waals surface area contributed by atoms with Crippen LogP contribution in [0.3, 0.4) is 0 Å². The highest BCUT2D eigenvalue weighted by Crippen LogP contribution is 2.16. The number of hydrogen-bond donors (Lipinski definition) is 2. The summed E-state index contributed by atoms with van der Waals surface area (Å²) in [6, 6.07) is 0. The normalized spacial score (nSPS) is 30.4. The fourth-order valence-electron chi connectivity index (χ4n) is 1.51. The maximum absolute atomic E-state index is 11.0. The van der Waals surface area contributed by atoms with E-state index in [0.717, 1.165) is 25.2 Å². The minimum absolute atomic E-state index is 0.0127. The van der Waals surface area contributed by atoms with Gasteiger partial charge in [0, 0.05) is 18.9 Å². The maximum atomic E-state index is 11.0. The molecule has 11 heavy (non-hydrogen) atoms. The van der Waals surface area contributed by atoms with Crippen LogP contribution in [0.25, 0.3) is 0 Å². The fraction of sp³-hybridized carbons (Fsp3) is 0.714. The van der Waals surface area contributed by atoms with E-state index in [2.05, 4.69) is 15.8 Å². The Kier molecular flexibility index (Phi) is 1.62. The van der Waals surface area contributed by atoms with Gasteiger partial charge in [0.1, 0.15) is 5.84 Å². The summed E-state index contributed by atoms with van der Waals surface area (Å²) in [7, 11) is 0. The highest BCUT2D eigenvalue weighted by atomic mass is 16.1. The van der Waals surface area contributed by atoms with Crippen molar-refractivity contribution in [3.8, 4) is 0 Å². The molecule has 0 aromatic carbocycles. The molecule has 1 atom stereocenters.